The summed E-state index contributed by atoms with van der Waals surface area (Å²) in [6, 6.07) is 5.53. The van der Waals surface area contributed by atoms with Crippen molar-refractivity contribution in [2.75, 3.05) is 48.1 Å². The van der Waals surface area contributed by atoms with Crippen molar-refractivity contribution in [3.05, 3.63) is 23.8 Å². The molecule has 0 bridgehead atoms. The Morgan fingerprint density at radius 2 is 1.95 bits per heavy atom. The molecule has 0 heterocycles. The summed E-state index contributed by atoms with van der Waals surface area (Å²) in [4.78, 5) is 2.13. The van der Waals surface area contributed by atoms with Gasteiger partial charge in [-0.1, -0.05) is 0 Å². The Bertz CT molecular complexity index is 385. The maximum atomic E-state index is 6.25. The molecule has 1 aromatic carbocycles. The number of rotatable bonds is 8. The van der Waals surface area contributed by atoms with Crippen molar-refractivity contribution in [2.24, 2.45) is 5.73 Å². The second-order valence-electron chi connectivity index (χ2n) is 4.47. The molecule has 0 saturated carbocycles. The first-order chi connectivity index (χ1) is 9.12. The van der Waals surface area contributed by atoms with E-state index in [0.717, 1.165) is 30.2 Å². The summed E-state index contributed by atoms with van der Waals surface area (Å²) >= 11 is 0. The van der Waals surface area contributed by atoms with E-state index in [1.807, 2.05) is 25.2 Å². The van der Waals surface area contributed by atoms with E-state index in [9.17, 15) is 0 Å². The molecule has 0 radical (unpaired) electrons. The largest absolute Gasteiger partial charge is 0.497 e. The maximum absolute atomic E-state index is 6.25. The lowest BCUT2D eigenvalue weighted by atomic mass is 10.1. The van der Waals surface area contributed by atoms with Gasteiger partial charge in [0.1, 0.15) is 11.5 Å². The minimum Gasteiger partial charge on any atom is -0.497 e. The van der Waals surface area contributed by atoms with Gasteiger partial charge in [0.15, 0.2) is 0 Å². The van der Waals surface area contributed by atoms with Gasteiger partial charge in [-0.25, -0.2) is 0 Å². The first-order valence-electron chi connectivity index (χ1n) is 6.27. The molecule has 0 aliphatic rings. The average Bonchev–Trinajstić information content (AvgIpc) is 2.44. The lowest BCUT2D eigenvalue weighted by Crippen LogP contribution is -2.31. The molecular weight excluding hydrogens is 244 g/mol. The fraction of sp³-hybridized carbons (Fsp3) is 0.571. The minimum atomic E-state index is -0.132. The highest BCUT2D eigenvalue weighted by molar-refractivity contribution is 5.42. The van der Waals surface area contributed by atoms with Crippen molar-refractivity contribution in [3.8, 4) is 11.5 Å². The van der Waals surface area contributed by atoms with Crippen molar-refractivity contribution in [1.29, 1.82) is 0 Å². The van der Waals surface area contributed by atoms with Gasteiger partial charge in [-0.05, 0) is 25.2 Å². The second kappa shape index (κ2) is 7.99. The van der Waals surface area contributed by atoms with Gasteiger partial charge in [-0.3, -0.25) is 0 Å². The van der Waals surface area contributed by atoms with Crippen LogP contribution in [0.1, 0.15) is 11.6 Å². The molecule has 0 amide bonds. The lowest BCUT2D eigenvalue weighted by Gasteiger charge is -2.22. The van der Waals surface area contributed by atoms with E-state index in [0.29, 0.717) is 6.61 Å². The molecule has 0 fully saturated rings. The summed E-state index contributed by atoms with van der Waals surface area (Å²) in [5.41, 5.74) is 7.20. The SMILES string of the molecule is COCCN(C)CC(N)c1cc(OC)ccc1OC. The van der Waals surface area contributed by atoms with Crippen molar-refractivity contribution in [2.45, 2.75) is 6.04 Å². The van der Waals surface area contributed by atoms with Gasteiger partial charge < -0.3 is 24.8 Å². The minimum absolute atomic E-state index is 0.132. The van der Waals surface area contributed by atoms with Crippen LogP contribution in [-0.4, -0.2) is 53.0 Å². The van der Waals surface area contributed by atoms with Crippen LogP contribution in [0.4, 0.5) is 0 Å². The van der Waals surface area contributed by atoms with E-state index < -0.39 is 0 Å². The number of likely N-dealkylation sites (N-methyl/N-ethyl adjacent to an activating group) is 1. The predicted molar refractivity (Wildman–Crippen MR) is 75.8 cm³/mol. The zero-order valence-electron chi connectivity index (χ0n) is 12.2. The number of nitrogens with two attached hydrogens (primary N) is 1. The van der Waals surface area contributed by atoms with Crippen molar-refractivity contribution < 1.29 is 14.2 Å². The Balaban J connectivity index is 2.76. The highest BCUT2D eigenvalue weighted by Crippen LogP contribution is 2.28. The van der Waals surface area contributed by atoms with Crippen LogP contribution in [0.15, 0.2) is 18.2 Å². The van der Waals surface area contributed by atoms with Gasteiger partial charge in [0.05, 0.1) is 20.8 Å². The molecule has 19 heavy (non-hydrogen) atoms. The third-order valence-corrected chi connectivity index (χ3v) is 3.02. The predicted octanol–water partition coefficient (Wildman–Crippen LogP) is 1.28. The fourth-order valence-electron chi connectivity index (χ4n) is 1.90. The zero-order valence-corrected chi connectivity index (χ0v) is 12.2. The van der Waals surface area contributed by atoms with E-state index >= 15 is 0 Å². The smallest absolute Gasteiger partial charge is 0.123 e. The van der Waals surface area contributed by atoms with E-state index in [2.05, 4.69) is 4.90 Å². The molecule has 1 atom stereocenters. The van der Waals surface area contributed by atoms with Crippen LogP contribution in [0.25, 0.3) is 0 Å². The third-order valence-electron chi connectivity index (χ3n) is 3.02. The quantitative estimate of drug-likeness (QED) is 0.769. The van der Waals surface area contributed by atoms with Crippen LogP contribution in [-0.2, 0) is 4.74 Å². The number of ether oxygens (including phenoxy) is 3. The Kier molecular flexibility index (Phi) is 6.62. The number of benzene rings is 1. The maximum Gasteiger partial charge on any atom is 0.123 e. The molecule has 0 aliphatic carbocycles. The van der Waals surface area contributed by atoms with Gasteiger partial charge in [0, 0.05) is 31.8 Å². The molecule has 5 nitrogen and oxygen atoms in total. The van der Waals surface area contributed by atoms with E-state index in [1.54, 1.807) is 21.3 Å². The van der Waals surface area contributed by atoms with Crippen molar-refractivity contribution >= 4 is 0 Å². The molecule has 1 rings (SSSR count). The molecular formula is C14H24N2O3. The van der Waals surface area contributed by atoms with Gasteiger partial charge in [0.2, 0.25) is 0 Å². The number of nitrogens with zero attached hydrogens (tertiary/aromatic N) is 1. The molecule has 108 valence electrons. The van der Waals surface area contributed by atoms with Crippen molar-refractivity contribution in [1.82, 2.24) is 4.90 Å². The van der Waals surface area contributed by atoms with Crippen LogP contribution < -0.4 is 15.2 Å². The molecule has 0 spiro atoms. The first-order valence-corrected chi connectivity index (χ1v) is 6.27. The van der Waals surface area contributed by atoms with Gasteiger partial charge in [-0.2, -0.15) is 0 Å². The standard InChI is InChI=1S/C14H24N2O3/c1-16(7-8-17-2)10-13(15)12-9-11(18-3)5-6-14(12)19-4/h5-6,9,13H,7-8,10,15H2,1-4H3. The van der Waals surface area contributed by atoms with E-state index in [1.165, 1.54) is 0 Å². The van der Waals surface area contributed by atoms with Crippen LogP contribution in [0, 0.1) is 0 Å². The third kappa shape index (κ3) is 4.70. The second-order valence-corrected chi connectivity index (χ2v) is 4.47. The molecule has 0 saturated heterocycles. The Labute approximate surface area is 115 Å². The first kappa shape index (κ1) is 15.8. The van der Waals surface area contributed by atoms with E-state index in [-0.39, 0.29) is 6.04 Å². The van der Waals surface area contributed by atoms with Crippen LogP contribution in [0.3, 0.4) is 0 Å². The van der Waals surface area contributed by atoms with Gasteiger partial charge in [0.25, 0.3) is 0 Å². The number of methoxy groups -OCH3 is 3. The highest BCUT2D eigenvalue weighted by Gasteiger charge is 2.15. The summed E-state index contributed by atoms with van der Waals surface area (Å²) < 4.78 is 15.6. The molecule has 5 heteroatoms. The van der Waals surface area contributed by atoms with Gasteiger partial charge in [-0.15, -0.1) is 0 Å². The molecule has 1 unspecified atom stereocenters. The van der Waals surface area contributed by atoms with Crippen LogP contribution in [0.2, 0.25) is 0 Å². The highest BCUT2D eigenvalue weighted by atomic mass is 16.5. The van der Waals surface area contributed by atoms with Crippen LogP contribution in [0.5, 0.6) is 11.5 Å². The summed E-state index contributed by atoms with van der Waals surface area (Å²) in [5.74, 6) is 1.57. The molecule has 2 N–H and O–H groups in total. The Morgan fingerprint density at radius 1 is 1.21 bits per heavy atom. The summed E-state index contributed by atoms with van der Waals surface area (Å²) in [6.07, 6.45) is 0. The summed E-state index contributed by atoms with van der Waals surface area (Å²) in [7, 11) is 7.00. The molecule has 1 aromatic rings. The Hall–Kier alpha value is -1.30. The number of hydrogen-bond donors (Lipinski definition) is 1. The van der Waals surface area contributed by atoms with Crippen LogP contribution >= 0.6 is 0 Å². The summed E-state index contributed by atoms with van der Waals surface area (Å²) in [6.45, 7) is 2.27. The topological polar surface area (TPSA) is 57.0 Å². The monoisotopic (exact) mass is 268 g/mol. The zero-order chi connectivity index (χ0) is 14.3. The lowest BCUT2D eigenvalue weighted by molar-refractivity contribution is 0.158. The fourth-order valence-corrected chi connectivity index (χ4v) is 1.90. The van der Waals surface area contributed by atoms with Crippen molar-refractivity contribution in [3.63, 3.8) is 0 Å². The molecule has 0 aromatic heterocycles. The molecule has 0 aliphatic heterocycles. The summed E-state index contributed by atoms with van der Waals surface area (Å²) in [5, 5.41) is 0. The number of hydrogen-bond acceptors (Lipinski definition) is 5. The average molecular weight is 268 g/mol. The Morgan fingerprint density at radius 3 is 2.53 bits per heavy atom. The van der Waals surface area contributed by atoms with Gasteiger partial charge >= 0.3 is 0 Å². The normalized spacial score (nSPS) is 12.5. The van der Waals surface area contributed by atoms with E-state index in [4.69, 9.17) is 19.9 Å².